The molecule has 0 saturated carbocycles. The average Bonchev–Trinajstić information content (AvgIpc) is 2.80. The summed E-state index contributed by atoms with van der Waals surface area (Å²) in [5, 5.41) is 0. The number of nitrogens with zero attached hydrogens (tertiary/aromatic N) is 3. The molecule has 0 atom stereocenters. The molecule has 2 aliphatic heterocycles. The number of aryl methyl sites for hydroxylation is 4. The Bertz CT molecular complexity index is 1150. The van der Waals surface area contributed by atoms with E-state index in [4.69, 9.17) is 0 Å². The number of piperazine rings is 1. The molecule has 7 heteroatoms. The first-order chi connectivity index (χ1) is 16.1. The molecule has 0 radical (unpaired) electrons. The van der Waals surface area contributed by atoms with Crippen LogP contribution in [0.2, 0.25) is 0 Å². The Balaban J connectivity index is 1.36. The number of carbonyl (C=O) groups is 1. The lowest BCUT2D eigenvalue weighted by Gasteiger charge is -2.39. The highest BCUT2D eigenvalue weighted by molar-refractivity contribution is 7.89. The molecule has 0 N–H and O–H groups in total. The number of rotatable bonds is 4. The van der Waals surface area contributed by atoms with Crippen LogP contribution in [0.4, 0.5) is 5.69 Å². The van der Waals surface area contributed by atoms with E-state index in [9.17, 15) is 13.2 Å². The highest BCUT2D eigenvalue weighted by Crippen LogP contribution is 2.30. The summed E-state index contributed by atoms with van der Waals surface area (Å²) in [6, 6.07) is 10.2. The van der Waals surface area contributed by atoms with Crippen molar-refractivity contribution >= 4 is 21.6 Å². The smallest absolute Gasteiger partial charge is 0.243 e. The summed E-state index contributed by atoms with van der Waals surface area (Å²) >= 11 is 0. The molecule has 2 aromatic carbocycles. The number of amides is 1. The highest BCUT2D eigenvalue weighted by atomic mass is 32.2. The Morgan fingerprint density at radius 3 is 2.00 bits per heavy atom. The maximum Gasteiger partial charge on any atom is 0.243 e. The van der Waals surface area contributed by atoms with Gasteiger partial charge in [-0.3, -0.25) is 4.79 Å². The van der Waals surface area contributed by atoms with E-state index in [1.54, 1.807) is 4.31 Å². The number of benzene rings is 2. The summed E-state index contributed by atoms with van der Waals surface area (Å²) in [6.45, 7) is 13.9. The van der Waals surface area contributed by atoms with Gasteiger partial charge in [-0.15, -0.1) is 0 Å². The molecular weight excluding hydrogens is 446 g/mol. The Morgan fingerprint density at radius 1 is 0.824 bits per heavy atom. The fourth-order valence-electron chi connectivity index (χ4n) is 5.55. The van der Waals surface area contributed by atoms with Crippen molar-refractivity contribution in [1.29, 1.82) is 0 Å². The zero-order valence-corrected chi connectivity index (χ0v) is 21.9. The third-order valence-electron chi connectivity index (χ3n) is 7.51. The second-order valence-corrected chi connectivity index (χ2v) is 11.8. The van der Waals surface area contributed by atoms with Gasteiger partial charge in [-0.2, -0.15) is 4.31 Å². The van der Waals surface area contributed by atoms with Crippen molar-refractivity contribution in [2.45, 2.75) is 52.4 Å². The third kappa shape index (κ3) is 4.73. The van der Waals surface area contributed by atoms with Crippen LogP contribution in [-0.4, -0.2) is 62.8 Å². The quantitative estimate of drug-likeness (QED) is 0.660. The summed E-state index contributed by atoms with van der Waals surface area (Å²) in [7, 11) is -3.56. The first kappa shape index (κ1) is 24.7. The van der Waals surface area contributed by atoms with Gasteiger partial charge in [0.15, 0.2) is 0 Å². The first-order valence-electron chi connectivity index (χ1n) is 12.3. The van der Waals surface area contributed by atoms with E-state index in [0.29, 0.717) is 43.9 Å². The van der Waals surface area contributed by atoms with Gasteiger partial charge in [0, 0.05) is 50.9 Å². The van der Waals surface area contributed by atoms with E-state index >= 15 is 0 Å². The minimum absolute atomic E-state index is 0.0982. The number of piperidine rings is 1. The van der Waals surface area contributed by atoms with Crippen molar-refractivity contribution in [1.82, 2.24) is 9.21 Å². The molecule has 2 heterocycles. The average molecular weight is 484 g/mol. The summed E-state index contributed by atoms with van der Waals surface area (Å²) < 4.78 is 28.3. The summed E-state index contributed by atoms with van der Waals surface area (Å²) in [5.41, 5.74) is 6.49. The zero-order valence-electron chi connectivity index (χ0n) is 21.1. The third-order valence-corrected chi connectivity index (χ3v) is 9.72. The fraction of sp³-hybridized carbons (Fsp3) is 0.519. The Hall–Kier alpha value is -2.38. The first-order valence-corrected chi connectivity index (χ1v) is 13.7. The molecule has 2 aromatic rings. The van der Waals surface area contributed by atoms with Crippen molar-refractivity contribution in [3.8, 4) is 0 Å². The van der Waals surface area contributed by atoms with E-state index in [0.717, 1.165) is 29.8 Å². The minimum atomic E-state index is -3.56. The van der Waals surface area contributed by atoms with Crippen LogP contribution in [-0.2, 0) is 14.8 Å². The molecule has 2 aliphatic rings. The molecule has 184 valence electrons. The molecule has 0 aliphatic carbocycles. The van der Waals surface area contributed by atoms with Gasteiger partial charge < -0.3 is 9.80 Å². The lowest BCUT2D eigenvalue weighted by atomic mass is 9.96. The maximum atomic E-state index is 13.4. The number of hydrogen-bond acceptors (Lipinski definition) is 4. The standard InChI is InChI=1S/C27H37N3O3S/c1-19-17-21(3)26(22(4)18-19)34(32,33)30-11-9-24(10-12-30)27(31)29-15-13-28(14-16-29)25-8-6-7-20(2)23(25)5/h6-8,17-18,24H,9-16H2,1-5H3. The van der Waals surface area contributed by atoms with Crippen LogP contribution in [0.5, 0.6) is 0 Å². The highest BCUT2D eigenvalue weighted by Gasteiger charge is 2.35. The molecule has 0 bridgehead atoms. The maximum absolute atomic E-state index is 13.4. The number of hydrogen-bond donors (Lipinski definition) is 0. The van der Waals surface area contributed by atoms with E-state index in [1.165, 1.54) is 16.8 Å². The van der Waals surface area contributed by atoms with E-state index in [1.807, 2.05) is 37.8 Å². The van der Waals surface area contributed by atoms with Gasteiger partial charge in [-0.1, -0.05) is 29.8 Å². The number of carbonyl (C=O) groups excluding carboxylic acids is 1. The Labute approximate surface area is 204 Å². The van der Waals surface area contributed by atoms with Crippen LogP contribution in [0.1, 0.15) is 40.7 Å². The number of anilines is 1. The van der Waals surface area contributed by atoms with Crippen LogP contribution in [0.25, 0.3) is 0 Å². The van der Waals surface area contributed by atoms with Crippen molar-refractivity contribution in [3.05, 3.63) is 58.1 Å². The summed E-state index contributed by atoms with van der Waals surface area (Å²) in [5.74, 6) is 0.0827. The summed E-state index contributed by atoms with van der Waals surface area (Å²) in [6.07, 6.45) is 1.17. The van der Waals surface area contributed by atoms with Crippen molar-refractivity contribution < 1.29 is 13.2 Å². The van der Waals surface area contributed by atoms with Gasteiger partial charge in [-0.25, -0.2) is 8.42 Å². The Morgan fingerprint density at radius 2 is 1.41 bits per heavy atom. The molecule has 6 nitrogen and oxygen atoms in total. The second-order valence-electron chi connectivity index (χ2n) is 9.94. The van der Waals surface area contributed by atoms with Gasteiger partial charge in [0.05, 0.1) is 4.90 Å². The molecule has 0 aromatic heterocycles. The summed E-state index contributed by atoms with van der Waals surface area (Å²) in [4.78, 5) is 18.0. The zero-order chi connectivity index (χ0) is 24.6. The molecule has 2 saturated heterocycles. The molecule has 2 fully saturated rings. The van der Waals surface area contributed by atoms with Crippen LogP contribution in [0.15, 0.2) is 35.2 Å². The van der Waals surface area contributed by atoms with Gasteiger partial charge in [0.2, 0.25) is 15.9 Å². The normalized spacial score (nSPS) is 18.4. The van der Waals surface area contributed by atoms with Crippen molar-refractivity contribution in [2.24, 2.45) is 5.92 Å². The van der Waals surface area contributed by atoms with Gasteiger partial charge >= 0.3 is 0 Å². The van der Waals surface area contributed by atoms with Gasteiger partial charge in [0.1, 0.15) is 0 Å². The van der Waals surface area contributed by atoms with Gasteiger partial charge in [-0.05, 0) is 75.8 Å². The predicted octanol–water partition coefficient (Wildman–Crippen LogP) is 3.98. The van der Waals surface area contributed by atoms with Crippen LogP contribution in [0.3, 0.4) is 0 Å². The van der Waals surface area contributed by atoms with Crippen LogP contribution < -0.4 is 4.90 Å². The molecule has 0 spiro atoms. The molecule has 34 heavy (non-hydrogen) atoms. The van der Waals surface area contributed by atoms with Gasteiger partial charge in [0.25, 0.3) is 0 Å². The van der Waals surface area contributed by atoms with Crippen molar-refractivity contribution in [2.75, 3.05) is 44.2 Å². The lowest BCUT2D eigenvalue weighted by Crippen LogP contribution is -2.52. The second kappa shape index (κ2) is 9.70. The van der Waals surface area contributed by atoms with Crippen molar-refractivity contribution in [3.63, 3.8) is 0 Å². The van der Waals surface area contributed by atoms with E-state index in [-0.39, 0.29) is 11.8 Å². The fourth-order valence-corrected chi connectivity index (χ4v) is 7.43. The molecule has 1 amide bonds. The predicted molar refractivity (Wildman–Crippen MR) is 137 cm³/mol. The molecule has 0 unspecified atom stereocenters. The molecule has 4 rings (SSSR count). The largest absolute Gasteiger partial charge is 0.368 e. The minimum Gasteiger partial charge on any atom is -0.368 e. The number of sulfonamides is 1. The van der Waals surface area contributed by atoms with Crippen LogP contribution in [0, 0.1) is 40.5 Å². The van der Waals surface area contributed by atoms with E-state index < -0.39 is 10.0 Å². The van der Waals surface area contributed by atoms with Crippen LogP contribution >= 0.6 is 0 Å². The van der Waals surface area contributed by atoms with E-state index in [2.05, 4.69) is 36.9 Å². The monoisotopic (exact) mass is 483 g/mol. The lowest BCUT2D eigenvalue weighted by molar-refractivity contribution is -0.137. The Kier molecular flexibility index (Phi) is 7.06. The topological polar surface area (TPSA) is 60.9 Å². The SMILES string of the molecule is Cc1cc(C)c(S(=O)(=O)N2CCC(C(=O)N3CCN(c4cccc(C)c4C)CC3)CC2)c(C)c1. The molecular formula is C27H37N3O3S.